The number of amides is 1. The predicted octanol–water partition coefficient (Wildman–Crippen LogP) is 4.57. The molecule has 4 rings (SSSR count). The Labute approximate surface area is 156 Å². The summed E-state index contributed by atoms with van der Waals surface area (Å²) in [6.07, 6.45) is -0.607. The highest BCUT2D eigenvalue weighted by Gasteiger charge is 2.28. The van der Waals surface area contributed by atoms with Gasteiger partial charge in [-0.15, -0.1) is 0 Å². The average Bonchev–Trinajstić information content (AvgIpc) is 3.00. The van der Waals surface area contributed by atoms with E-state index in [1.807, 2.05) is 36.4 Å². The highest BCUT2D eigenvalue weighted by molar-refractivity contribution is 5.79. The van der Waals surface area contributed by atoms with Gasteiger partial charge in [0.25, 0.3) is 0 Å². The number of carbonyl (C=O) groups excluding carboxylic acids is 1. The molecule has 0 radical (unpaired) electrons. The number of halogens is 1. The summed E-state index contributed by atoms with van der Waals surface area (Å²) in [7, 11) is 0. The van der Waals surface area contributed by atoms with Crippen LogP contribution in [-0.4, -0.2) is 17.8 Å². The molecule has 0 bridgehead atoms. The van der Waals surface area contributed by atoms with E-state index in [0.717, 1.165) is 28.3 Å². The molecular weight excluding hydrogens is 345 g/mol. The lowest BCUT2D eigenvalue weighted by Crippen LogP contribution is -2.26. The van der Waals surface area contributed by atoms with E-state index in [2.05, 4.69) is 17.4 Å². The summed E-state index contributed by atoms with van der Waals surface area (Å²) in [5.74, 6) is -0.750. The van der Waals surface area contributed by atoms with Crippen LogP contribution in [0.25, 0.3) is 11.1 Å². The Hall–Kier alpha value is -3.34. The van der Waals surface area contributed by atoms with Gasteiger partial charge in [-0.05, 0) is 28.3 Å². The zero-order valence-corrected chi connectivity index (χ0v) is 14.5. The number of rotatable bonds is 4. The largest absolute Gasteiger partial charge is 0.508 e. The lowest BCUT2D eigenvalue weighted by atomic mass is 9.98. The number of phenols is 1. The summed E-state index contributed by atoms with van der Waals surface area (Å²) >= 11 is 0. The van der Waals surface area contributed by atoms with Gasteiger partial charge >= 0.3 is 6.09 Å². The van der Waals surface area contributed by atoms with Crippen molar-refractivity contribution in [2.75, 3.05) is 6.61 Å². The summed E-state index contributed by atoms with van der Waals surface area (Å²) in [6, 6.07) is 20.0. The first-order chi connectivity index (χ1) is 13.1. The highest BCUT2D eigenvalue weighted by Crippen LogP contribution is 2.44. The first-order valence-electron chi connectivity index (χ1n) is 8.69. The summed E-state index contributed by atoms with van der Waals surface area (Å²) in [5, 5.41) is 11.8. The number of hydrogen-bond donors (Lipinski definition) is 2. The number of aromatic hydroxyl groups is 1. The number of fused-ring (bicyclic) bond motifs is 3. The topological polar surface area (TPSA) is 58.6 Å². The smallest absolute Gasteiger partial charge is 0.407 e. The Balaban J connectivity index is 1.42. The average molecular weight is 363 g/mol. The molecule has 1 amide bonds. The fourth-order valence-corrected chi connectivity index (χ4v) is 3.50. The van der Waals surface area contributed by atoms with Crippen LogP contribution in [0, 0.1) is 5.82 Å². The van der Waals surface area contributed by atoms with Crippen LogP contribution in [-0.2, 0) is 11.3 Å². The standard InChI is InChI=1S/C22H18FNO3/c23-21-11-15(25)10-9-14(21)12-24-22(26)27-13-20-18-7-3-1-5-16(18)17-6-2-4-8-19(17)20/h1-11,20,25H,12-13H2,(H,24,26). The number of phenolic OH excluding ortho intramolecular Hbond substituents is 1. The van der Waals surface area contributed by atoms with Crippen molar-refractivity contribution < 1.29 is 19.0 Å². The Kier molecular flexibility index (Phi) is 4.50. The fraction of sp³-hybridized carbons (Fsp3) is 0.136. The summed E-state index contributed by atoms with van der Waals surface area (Å²) < 4.78 is 19.1. The third-order valence-electron chi connectivity index (χ3n) is 4.80. The van der Waals surface area contributed by atoms with Gasteiger partial charge in [-0.1, -0.05) is 54.6 Å². The first-order valence-corrected chi connectivity index (χ1v) is 8.69. The van der Waals surface area contributed by atoms with Gasteiger partial charge in [0.1, 0.15) is 18.2 Å². The van der Waals surface area contributed by atoms with Crippen molar-refractivity contribution in [3.63, 3.8) is 0 Å². The minimum atomic E-state index is -0.607. The number of carbonyl (C=O) groups is 1. The van der Waals surface area contributed by atoms with E-state index in [1.165, 1.54) is 12.1 Å². The number of ether oxygens (including phenoxy) is 1. The number of benzene rings is 3. The molecule has 0 heterocycles. The second kappa shape index (κ2) is 7.11. The molecule has 27 heavy (non-hydrogen) atoms. The van der Waals surface area contributed by atoms with Gasteiger partial charge in [0, 0.05) is 24.1 Å². The lowest BCUT2D eigenvalue weighted by Gasteiger charge is -2.14. The van der Waals surface area contributed by atoms with Crippen LogP contribution in [0.3, 0.4) is 0 Å². The Morgan fingerprint density at radius 3 is 2.26 bits per heavy atom. The number of hydrogen-bond acceptors (Lipinski definition) is 3. The zero-order chi connectivity index (χ0) is 18.8. The van der Waals surface area contributed by atoms with Gasteiger partial charge in [0.05, 0.1) is 0 Å². The van der Waals surface area contributed by atoms with Gasteiger partial charge < -0.3 is 15.2 Å². The monoisotopic (exact) mass is 363 g/mol. The van der Waals surface area contributed by atoms with Crippen LogP contribution < -0.4 is 5.32 Å². The molecule has 2 N–H and O–H groups in total. The van der Waals surface area contributed by atoms with E-state index in [9.17, 15) is 14.3 Å². The second-order valence-electron chi connectivity index (χ2n) is 6.45. The molecule has 0 atom stereocenters. The van der Waals surface area contributed by atoms with Crippen molar-refractivity contribution in [3.05, 3.63) is 89.2 Å². The maximum Gasteiger partial charge on any atom is 0.407 e. The molecule has 5 heteroatoms. The van der Waals surface area contributed by atoms with Crippen molar-refractivity contribution >= 4 is 6.09 Å². The van der Waals surface area contributed by atoms with Crippen molar-refractivity contribution in [2.24, 2.45) is 0 Å². The van der Waals surface area contributed by atoms with E-state index in [0.29, 0.717) is 0 Å². The maximum atomic E-state index is 13.7. The van der Waals surface area contributed by atoms with Crippen molar-refractivity contribution in [2.45, 2.75) is 12.5 Å². The van der Waals surface area contributed by atoms with Crippen LogP contribution in [0.2, 0.25) is 0 Å². The SMILES string of the molecule is O=C(NCc1ccc(O)cc1F)OCC1c2ccccc2-c2ccccc21. The predicted molar refractivity (Wildman–Crippen MR) is 100.0 cm³/mol. The van der Waals surface area contributed by atoms with Crippen LogP contribution in [0.15, 0.2) is 66.7 Å². The number of alkyl carbamates (subject to hydrolysis) is 1. The van der Waals surface area contributed by atoms with E-state index in [4.69, 9.17) is 4.74 Å². The molecule has 0 saturated heterocycles. The van der Waals surface area contributed by atoms with Crippen LogP contribution in [0.5, 0.6) is 5.75 Å². The van der Waals surface area contributed by atoms with Gasteiger partial charge in [-0.25, -0.2) is 9.18 Å². The lowest BCUT2D eigenvalue weighted by molar-refractivity contribution is 0.142. The molecule has 0 fully saturated rings. The Morgan fingerprint density at radius 1 is 1.00 bits per heavy atom. The van der Waals surface area contributed by atoms with E-state index in [-0.39, 0.29) is 30.4 Å². The molecule has 136 valence electrons. The molecular formula is C22H18FNO3. The minimum Gasteiger partial charge on any atom is -0.508 e. The van der Waals surface area contributed by atoms with E-state index >= 15 is 0 Å². The van der Waals surface area contributed by atoms with E-state index in [1.54, 1.807) is 0 Å². The summed E-state index contributed by atoms with van der Waals surface area (Å²) in [5.41, 5.74) is 4.87. The molecule has 1 aliphatic rings. The van der Waals surface area contributed by atoms with Gasteiger partial charge in [0.15, 0.2) is 0 Å². The molecule has 0 aromatic heterocycles. The van der Waals surface area contributed by atoms with Crippen LogP contribution >= 0.6 is 0 Å². The van der Waals surface area contributed by atoms with Crippen molar-refractivity contribution in [3.8, 4) is 16.9 Å². The van der Waals surface area contributed by atoms with Crippen LogP contribution in [0.1, 0.15) is 22.6 Å². The molecule has 0 spiro atoms. The number of nitrogens with one attached hydrogen (secondary N) is 1. The zero-order valence-electron chi connectivity index (χ0n) is 14.5. The van der Waals surface area contributed by atoms with Crippen molar-refractivity contribution in [1.29, 1.82) is 0 Å². The molecule has 3 aromatic carbocycles. The Bertz CT molecular complexity index is 957. The molecule has 0 saturated carbocycles. The Morgan fingerprint density at radius 2 is 1.63 bits per heavy atom. The van der Waals surface area contributed by atoms with Crippen LogP contribution in [0.4, 0.5) is 9.18 Å². The molecule has 4 nitrogen and oxygen atoms in total. The van der Waals surface area contributed by atoms with Gasteiger partial charge in [-0.2, -0.15) is 0 Å². The third-order valence-corrected chi connectivity index (χ3v) is 4.80. The second-order valence-corrected chi connectivity index (χ2v) is 6.45. The normalized spacial score (nSPS) is 12.3. The fourth-order valence-electron chi connectivity index (χ4n) is 3.50. The van der Waals surface area contributed by atoms with E-state index < -0.39 is 11.9 Å². The first kappa shape index (κ1) is 17.1. The molecule has 1 aliphatic carbocycles. The summed E-state index contributed by atoms with van der Waals surface area (Å²) in [4.78, 5) is 12.1. The maximum absolute atomic E-state index is 13.7. The highest BCUT2D eigenvalue weighted by atomic mass is 19.1. The minimum absolute atomic E-state index is 0.0111. The van der Waals surface area contributed by atoms with Crippen molar-refractivity contribution in [1.82, 2.24) is 5.32 Å². The quantitative estimate of drug-likeness (QED) is 0.714. The van der Waals surface area contributed by atoms with Gasteiger partial charge in [-0.3, -0.25) is 0 Å². The molecule has 0 aliphatic heterocycles. The van der Waals surface area contributed by atoms with Gasteiger partial charge in [0.2, 0.25) is 0 Å². The summed E-state index contributed by atoms with van der Waals surface area (Å²) in [6.45, 7) is 0.195. The molecule has 3 aromatic rings. The third kappa shape index (κ3) is 3.36. The molecule has 0 unspecified atom stereocenters.